The first kappa shape index (κ1) is 10.9. The number of aromatic nitrogens is 5. The van der Waals surface area contributed by atoms with Crippen molar-refractivity contribution in [3.05, 3.63) is 31.0 Å². The lowest BCUT2D eigenvalue weighted by Gasteiger charge is -2.06. The maximum Gasteiger partial charge on any atom is 0.153 e. The zero-order valence-electron chi connectivity index (χ0n) is 9.49. The van der Waals surface area contributed by atoms with E-state index in [4.69, 9.17) is 0 Å². The Kier molecular flexibility index (Phi) is 2.56. The van der Waals surface area contributed by atoms with Crippen molar-refractivity contribution in [2.75, 3.05) is 4.72 Å². The van der Waals surface area contributed by atoms with Gasteiger partial charge < -0.3 is 0 Å². The summed E-state index contributed by atoms with van der Waals surface area (Å²) in [6, 6.07) is 0. The van der Waals surface area contributed by atoms with Gasteiger partial charge in [-0.2, -0.15) is 10.2 Å². The van der Waals surface area contributed by atoms with E-state index in [-0.39, 0.29) is 0 Å². The fourth-order valence-corrected chi connectivity index (χ4v) is 2.48. The molecule has 0 saturated heterocycles. The Morgan fingerprint density at radius 1 is 1.33 bits per heavy atom. The van der Waals surface area contributed by atoms with Crippen LogP contribution in [0.25, 0.3) is 10.9 Å². The highest BCUT2D eigenvalue weighted by Gasteiger charge is 2.10. The minimum Gasteiger partial charge on any atom is -0.297 e. The van der Waals surface area contributed by atoms with E-state index < -0.39 is 11.0 Å². The van der Waals surface area contributed by atoms with Gasteiger partial charge in [-0.1, -0.05) is 0 Å². The number of fused-ring (bicyclic) bond motifs is 1. The molecule has 0 amide bonds. The van der Waals surface area contributed by atoms with Crippen LogP contribution in [0.3, 0.4) is 0 Å². The van der Waals surface area contributed by atoms with E-state index in [1.54, 1.807) is 29.5 Å². The molecule has 3 heterocycles. The van der Waals surface area contributed by atoms with Crippen LogP contribution in [0.4, 0.5) is 5.69 Å². The van der Waals surface area contributed by atoms with Crippen LogP contribution in [0.1, 0.15) is 0 Å². The van der Waals surface area contributed by atoms with E-state index in [9.17, 15) is 4.21 Å². The van der Waals surface area contributed by atoms with Crippen LogP contribution in [0.5, 0.6) is 0 Å². The molecule has 0 spiro atoms. The zero-order valence-corrected chi connectivity index (χ0v) is 10.3. The molecule has 2 N–H and O–H groups in total. The van der Waals surface area contributed by atoms with E-state index in [1.165, 1.54) is 6.20 Å². The summed E-state index contributed by atoms with van der Waals surface area (Å²) in [7, 11) is 0.451. The summed E-state index contributed by atoms with van der Waals surface area (Å²) in [5, 5.41) is 11.4. The molecule has 3 rings (SSSR count). The van der Waals surface area contributed by atoms with E-state index >= 15 is 0 Å². The quantitative estimate of drug-likeness (QED) is 0.731. The molecule has 3 aromatic heterocycles. The van der Waals surface area contributed by atoms with Crippen molar-refractivity contribution in [1.29, 1.82) is 0 Å². The maximum atomic E-state index is 12.0. The first-order valence-corrected chi connectivity index (χ1v) is 6.33. The van der Waals surface area contributed by atoms with Crippen molar-refractivity contribution in [3.8, 4) is 0 Å². The molecule has 0 aromatic carbocycles. The van der Waals surface area contributed by atoms with Crippen LogP contribution in [0.2, 0.25) is 0 Å². The van der Waals surface area contributed by atoms with Crippen LogP contribution in [-0.2, 0) is 18.0 Å². The standard InChI is InChI=1S/C10H10N6OS/c1-16-10-7(3-14-16)2-11-6-9(10)15-18(17)8-4-12-13-5-8/h2-6,15H,1H3,(H,12,13). The first-order chi connectivity index (χ1) is 8.75. The summed E-state index contributed by atoms with van der Waals surface area (Å²) >= 11 is 0. The van der Waals surface area contributed by atoms with Gasteiger partial charge in [-0.15, -0.1) is 0 Å². The molecule has 92 valence electrons. The summed E-state index contributed by atoms with van der Waals surface area (Å²) in [6.45, 7) is 0. The summed E-state index contributed by atoms with van der Waals surface area (Å²) in [5.74, 6) is 0. The van der Waals surface area contributed by atoms with Gasteiger partial charge in [0.05, 0.1) is 34.7 Å². The number of nitrogens with one attached hydrogen (secondary N) is 2. The summed E-state index contributed by atoms with van der Waals surface area (Å²) in [6.07, 6.45) is 8.16. The second-order valence-electron chi connectivity index (χ2n) is 3.70. The molecule has 0 radical (unpaired) electrons. The van der Waals surface area contributed by atoms with Crippen LogP contribution in [0.15, 0.2) is 35.9 Å². The number of nitrogens with zero attached hydrogens (tertiary/aromatic N) is 4. The average Bonchev–Trinajstić information content (AvgIpc) is 3.00. The van der Waals surface area contributed by atoms with E-state index in [0.29, 0.717) is 10.6 Å². The monoisotopic (exact) mass is 262 g/mol. The van der Waals surface area contributed by atoms with Gasteiger partial charge in [-0.05, 0) is 0 Å². The number of pyridine rings is 1. The summed E-state index contributed by atoms with van der Waals surface area (Å²) < 4.78 is 16.7. The largest absolute Gasteiger partial charge is 0.297 e. The van der Waals surface area contributed by atoms with Crippen LogP contribution < -0.4 is 4.72 Å². The highest BCUT2D eigenvalue weighted by molar-refractivity contribution is 7.86. The van der Waals surface area contributed by atoms with Gasteiger partial charge in [0.25, 0.3) is 0 Å². The van der Waals surface area contributed by atoms with E-state index in [2.05, 4.69) is 25.0 Å². The lowest BCUT2D eigenvalue weighted by atomic mass is 10.3. The van der Waals surface area contributed by atoms with Crippen molar-refractivity contribution in [1.82, 2.24) is 25.0 Å². The highest BCUT2D eigenvalue weighted by atomic mass is 32.2. The smallest absolute Gasteiger partial charge is 0.153 e. The fourth-order valence-electron chi connectivity index (χ4n) is 1.71. The maximum absolute atomic E-state index is 12.0. The normalized spacial score (nSPS) is 12.7. The molecular formula is C10H10N6OS. The second kappa shape index (κ2) is 4.22. The number of hydrogen-bond acceptors (Lipinski definition) is 4. The molecular weight excluding hydrogens is 252 g/mol. The predicted molar refractivity (Wildman–Crippen MR) is 67.1 cm³/mol. The van der Waals surface area contributed by atoms with Crippen LogP contribution in [0, 0.1) is 0 Å². The Bertz CT molecular complexity index is 704. The molecule has 8 heteroatoms. The third kappa shape index (κ3) is 1.76. The second-order valence-corrected chi connectivity index (χ2v) is 4.91. The molecule has 0 fully saturated rings. The van der Waals surface area contributed by atoms with E-state index in [0.717, 1.165) is 10.9 Å². The third-order valence-electron chi connectivity index (χ3n) is 2.53. The molecule has 0 bridgehead atoms. The lowest BCUT2D eigenvalue weighted by molar-refractivity contribution is 0.686. The summed E-state index contributed by atoms with van der Waals surface area (Å²) in [5.41, 5.74) is 1.54. The van der Waals surface area contributed by atoms with Crippen molar-refractivity contribution in [2.45, 2.75) is 4.90 Å². The molecule has 1 unspecified atom stereocenters. The van der Waals surface area contributed by atoms with Gasteiger partial charge in [-0.25, -0.2) is 4.21 Å². The number of aromatic amines is 1. The SMILES string of the molecule is Cn1ncc2cncc(NS(=O)c3cn[nH]c3)c21. The van der Waals surface area contributed by atoms with Crippen LogP contribution >= 0.6 is 0 Å². The minimum absolute atomic E-state index is 0.578. The van der Waals surface area contributed by atoms with Crippen molar-refractivity contribution >= 4 is 27.6 Å². The van der Waals surface area contributed by atoms with Gasteiger partial charge in [-0.3, -0.25) is 19.5 Å². The molecule has 0 aliphatic heterocycles. The van der Waals surface area contributed by atoms with Gasteiger partial charge in [0.1, 0.15) is 0 Å². The lowest BCUT2D eigenvalue weighted by Crippen LogP contribution is -2.06. The molecule has 3 aromatic rings. The highest BCUT2D eigenvalue weighted by Crippen LogP contribution is 2.22. The van der Waals surface area contributed by atoms with Gasteiger partial charge in [0.15, 0.2) is 11.0 Å². The van der Waals surface area contributed by atoms with Crippen molar-refractivity contribution in [3.63, 3.8) is 0 Å². The Hall–Kier alpha value is -2.22. The average molecular weight is 262 g/mol. The van der Waals surface area contributed by atoms with Crippen molar-refractivity contribution in [2.24, 2.45) is 7.05 Å². The fraction of sp³-hybridized carbons (Fsp3) is 0.100. The third-order valence-corrected chi connectivity index (χ3v) is 3.59. The van der Waals surface area contributed by atoms with Gasteiger partial charge >= 0.3 is 0 Å². The first-order valence-electron chi connectivity index (χ1n) is 5.18. The number of hydrogen-bond donors (Lipinski definition) is 2. The van der Waals surface area contributed by atoms with Gasteiger partial charge in [0.2, 0.25) is 0 Å². The minimum atomic E-state index is -1.38. The molecule has 1 atom stereocenters. The molecule has 18 heavy (non-hydrogen) atoms. The Labute approximate surface area is 105 Å². The number of H-pyrrole nitrogens is 1. The van der Waals surface area contributed by atoms with Gasteiger partial charge in [0, 0.05) is 24.8 Å². The van der Waals surface area contributed by atoms with Crippen molar-refractivity contribution < 1.29 is 4.21 Å². The van der Waals surface area contributed by atoms with E-state index in [1.807, 2.05) is 7.05 Å². The predicted octanol–water partition coefficient (Wildman–Crippen LogP) is 0.826. The molecule has 0 saturated carbocycles. The molecule has 7 nitrogen and oxygen atoms in total. The Morgan fingerprint density at radius 2 is 2.22 bits per heavy atom. The number of aryl methyl sites for hydroxylation is 1. The topological polar surface area (TPSA) is 88.5 Å². The zero-order chi connectivity index (χ0) is 12.5. The number of rotatable bonds is 3. The molecule has 0 aliphatic carbocycles. The summed E-state index contributed by atoms with van der Waals surface area (Å²) in [4.78, 5) is 4.66. The number of anilines is 1. The Balaban J connectivity index is 2.00. The molecule has 0 aliphatic rings. The Morgan fingerprint density at radius 3 is 3.00 bits per heavy atom. The van der Waals surface area contributed by atoms with Crippen LogP contribution in [-0.4, -0.2) is 29.2 Å².